The van der Waals surface area contributed by atoms with Crippen molar-refractivity contribution >= 4 is 11.0 Å². The minimum atomic E-state index is -0.235. The van der Waals surface area contributed by atoms with Gasteiger partial charge in [0.1, 0.15) is 17.0 Å². The maximum atomic E-state index is 12.8. The van der Waals surface area contributed by atoms with Crippen molar-refractivity contribution in [3.8, 4) is 23.1 Å². The van der Waals surface area contributed by atoms with Crippen molar-refractivity contribution in [2.75, 3.05) is 7.11 Å². The van der Waals surface area contributed by atoms with Gasteiger partial charge in [-0.2, -0.15) is 5.26 Å². The number of methoxy groups -OCH3 is 1. The van der Waals surface area contributed by atoms with Gasteiger partial charge in [0.25, 0.3) is 5.52 Å². The smallest absolute Gasteiger partial charge is 0.363 e. The predicted octanol–water partition coefficient (Wildman–Crippen LogP) is 2.76. The van der Waals surface area contributed by atoms with Crippen LogP contribution in [0.2, 0.25) is 0 Å². The number of benzene rings is 2. The van der Waals surface area contributed by atoms with Crippen molar-refractivity contribution < 1.29 is 9.16 Å². The van der Waals surface area contributed by atoms with Crippen LogP contribution >= 0.6 is 0 Å². The second-order valence-corrected chi connectivity index (χ2v) is 5.12. The highest BCUT2D eigenvalue weighted by atomic mass is 16.5. The summed E-state index contributed by atoms with van der Waals surface area (Å²) in [5.74, 6) is 0.460. The molecule has 2 aromatic carbocycles. The van der Waals surface area contributed by atoms with E-state index in [-0.39, 0.29) is 22.4 Å². The fourth-order valence-corrected chi connectivity index (χ4v) is 2.46. The molecule has 6 nitrogen and oxygen atoms in total. The molecule has 3 aromatic rings. The Balaban J connectivity index is 2.45. The molecule has 0 radical (unpaired) electrons. The van der Waals surface area contributed by atoms with Crippen LogP contribution in [0.15, 0.2) is 42.5 Å². The van der Waals surface area contributed by atoms with E-state index in [9.17, 15) is 15.4 Å². The Morgan fingerprint density at radius 3 is 2.52 bits per heavy atom. The Kier molecular flexibility index (Phi) is 3.47. The number of hydrogen-bond donors (Lipinski definition) is 0. The maximum absolute atomic E-state index is 12.8. The fraction of sp³-hybridized carbons (Fsp3) is 0.118. The van der Waals surface area contributed by atoms with Crippen LogP contribution in [0, 0.1) is 28.4 Å². The van der Waals surface area contributed by atoms with E-state index in [0.29, 0.717) is 20.5 Å². The SMILES string of the molecule is COc1ccc2c(c1)n([O-])c(-c1ccc(C)cc1)c(C#N)[n+]2=O. The first-order valence-corrected chi connectivity index (χ1v) is 6.90. The molecule has 0 amide bonds. The van der Waals surface area contributed by atoms with Gasteiger partial charge in [-0.3, -0.25) is 0 Å². The molecule has 1 heterocycles. The molecule has 0 aliphatic heterocycles. The van der Waals surface area contributed by atoms with Crippen molar-refractivity contribution in [1.82, 2.24) is 4.73 Å². The third-order valence-corrected chi connectivity index (χ3v) is 3.68. The van der Waals surface area contributed by atoms with E-state index in [1.165, 1.54) is 19.2 Å². The first-order valence-electron chi connectivity index (χ1n) is 6.90. The standard InChI is InChI=1S/C17H13N3O3/c1-11-3-5-12(6-4-11)17-16(10-18)19(21)14-8-7-13(23-2)9-15(14)20(17)22/h3-9H,1-2H3. The van der Waals surface area contributed by atoms with Gasteiger partial charge in [0.15, 0.2) is 6.07 Å². The number of nitriles is 1. The molecule has 0 spiro atoms. The van der Waals surface area contributed by atoms with Crippen molar-refractivity contribution in [2.24, 2.45) is 0 Å². The Labute approximate surface area is 132 Å². The third kappa shape index (κ3) is 2.28. The van der Waals surface area contributed by atoms with Crippen LogP contribution < -0.4 is 9.16 Å². The lowest BCUT2D eigenvalue weighted by Gasteiger charge is -2.18. The topological polar surface area (TPSA) is 84.0 Å². The van der Waals surface area contributed by atoms with Crippen LogP contribution in [0.4, 0.5) is 0 Å². The predicted molar refractivity (Wildman–Crippen MR) is 85.5 cm³/mol. The fourth-order valence-electron chi connectivity index (χ4n) is 2.46. The lowest BCUT2D eigenvalue weighted by Crippen LogP contribution is -2.24. The van der Waals surface area contributed by atoms with Gasteiger partial charge in [0.05, 0.1) is 11.5 Å². The number of ether oxygens (including phenoxy) is 1. The molecule has 0 saturated carbocycles. The van der Waals surface area contributed by atoms with Gasteiger partial charge in [-0.1, -0.05) is 29.8 Å². The number of rotatable bonds is 2. The van der Waals surface area contributed by atoms with E-state index >= 15 is 0 Å². The van der Waals surface area contributed by atoms with E-state index < -0.39 is 0 Å². The Morgan fingerprint density at radius 2 is 1.91 bits per heavy atom. The summed E-state index contributed by atoms with van der Waals surface area (Å²) in [4.78, 5) is 12.5. The first-order chi connectivity index (χ1) is 11.1. The van der Waals surface area contributed by atoms with Gasteiger partial charge in [-0.25, -0.2) is 0 Å². The van der Waals surface area contributed by atoms with Crippen LogP contribution in [-0.2, 0) is 0 Å². The van der Waals surface area contributed by atoms with Gasteiger partial charge in [-0.05, 0) is 13.0 Å². The van der Waals surface area contributed by atoms with E-state index in [1.807, 2.05) is 25.1 Å². The molecular formula is C17H13N3O3. The average Bonchev–Trinajstić information content (AvgIpc) is 2.58. The van der Waals surface area contributed by atoms with Crippen molar-refractivity contribution in [3.63, 3.8) is 0 Å². The zero-order chi connectivity index (χ0) is 16.6. The molecule has 1 aromatic heterocycles. The summed E-state index contributed by atoms with van der Waals surface area (Å²) in [5, 5.41) is 22.1. The van der Waals surface area contributed by atoms with Crippen molar-refractivity contribution in [3.05, 3.63) is 63.8 Å². The summed E-state index contributed by atoms with van der Waals surface area (Å²) in [6.45, 7) is 1.92. The molecule has 0 aliphatic rings. The normalized spacial score (nSPS) is 10.5. The number of hydrogen-bond acceptors (Lipinski definition) is 4. The highest BCUT2D eigenvalue weighted by Gasteiger charge is 2.23. The average molecular weight is 307 g/mol. The molecule has 0 fully saturated rings. The third-order valence-electron chi connectivity index (χ3n) is 3.68. The second kappa shape index (κ2) is 5.46. The number of fused-ring (bicyclic) bond motifs is 1. The Hall–Kier alpha value is -3.33. The molecule has 0 atom stereocenters. The number of aryl methyl sites for hydroxylation is 1. The first kappa shape index (κ1) is 14.6. The Morgan fingerprint density at radius 1 is 1.22 bits per heavy atom. The quantitative estimate of drug-likeness (QED) is 0.681. The van der Waals surface area contributed by atoms with E-state index in [1.54, 1.807) is 18.2 Å². The van der Waals surface area contributed by atoms with Gasteiger partial charge in [0, 0.05) is 22.6 Å². The summed E-state index contributed by atoms with van der Waals surface area (Å²) in [7, 11) is 1.48. The lowest BCUT2D eigenvalue weighted by molar-refractivity contribution is -0.467. The molecule has 0 aliphatic carbocycles. The van der Waals surface area contributed by atoms with Crippen LogP contribution in [-0.4, -0.2) is 11.8 Å². The highest BCUT2D eigenvalue weighted by molar-refractivity contribution is 5.79. The van der Waals surface area contributed by atoms with Gasteiger partial charge < -0.3 is 14.7 Å². The molecule has 6 heteroatoms. The molecule has 0 unspecified atom stereocenters. The molecular weight excluding hydrogens is 294 g/mol. The summed E-state index contributed by atoms with van der Waals surface area (Å²) in [6, 6.07) is 13.4. The number of nitrogens with zero attached hydrogens (tertiary/aromatic N) is 3. The van der Waals surface area contributed by atoms with Gasteiger partial charge in [0.2, 0.25) is 0 Å². The zero-order valence-corrected chi connectivity index (χ0v) is 12.6. The maximum Gasteiger partial charge on any atom is 0.363 e. The number of aromatic nitrogens is 2. The summed E-state index contributed by atoms with van der Waals surface area (Å²) < 4.78 is 6.20. The van der Waals surface area contributed by atoms with Crippen LogP contribution in [0.5, 0.6) is 5.75 Å². The molecule has 0 saturated heterocycles. The summed E-state index contributed by atoms with van der Waals surface area (Å²) in [5.41, 5.74) is 1.59. The minimum Gasteiger partial charge on any atom is -0.805 e. The van der Waals surface area contributed by atoms with E-state index in [0.717, 1.165) is 5.56 Å². The Bertz CT molecular complexity index is 999. The molecule has 114 valence electrons. The van der Waals surface area contributed by atoms with Crippen molar-refractivity contribution in [1.29, 1.82) is 5.26 Å². The molecule has 0 N–H and O–H groups in total. The monoisotopic (exact) mass is 307 g/mol. The zero-order valence-electron chi connectivity index (χ0n) is 12.6. The highest BCUT2D eigenvalue weighted by Crippen LogP contribution is 2.26. The minimum absolute atomic E-state index is 0.0308. The lowest BCUT2D eigenvalue weighted by atomic mass is 10.1. The second-order valence-electron chi connectivity index (χ2n) is 5.12. The largest absolute Gasteiger partial charge is 0.805 e. The van der Waals surface area contributed by atoms with Crippen LogP contribution in [0.25, 0.3) is 22.3 Å². The molecule has 0 bridgehead atoms. The van der Waals surface area contributed by atoms with Crippen LogP contribution in [0.3, 0.4) is 0 Å². The van der Waals surface area contributed by atoms with E-state index in [2.05, 4.69) is 0 Å². The molecule has 23 heavy (non-hydrogen) atoms. The molecule has 3 rings (SSSR count). The van der Waals surface area contributed by atoms with Gasteiger partial charge in [-0.15, -0.1) is 0 Å². The summed E-state index contributed by atoms with van der Waals surface area (Å²) >= 11 is 0. The van der Waals surface area contributed by atoms with E-state index in [4.69, 9.17) is 4.74 Å². The van der Waals surface area contributed by atoms with Crippen molar-refractivity contribution in [2.45, 2.75) is 6.92 Å². The van der Waals surface area contributed by atoms with Crippen LogP contribution in [0.1, 0.15) is 11.3 Å². The van der Waals surface area contributed by atoms with Gasteiger partial charge >= 0.3 is 5.69 Å². The summed E-state index contributed by atoms with van der Waals surface area (Å²) in [6.07, 6.45) is 0.